The number of amides is 1. The third kappa shape index (κ3) is 2.17. The maximum Gasteiger partial charge on any atom is 0.407 e. The van der Waals surface area contributed by atoms with E-state index in [1.807, 2.05) is 4.90 Å². The molecule has 0 unspecified atom stereocenters. The standard InChI is InChI=1S/C10H13N5O3/c11-8-7(5-16)9(13-6-12-8)14-1-3-15(4-2-14)10(17)18/h5-6H,1-4H2,(H,17,18)(H2,11,12,13). The number of piperazine rings is 1. The normalized spacial score (nSPS) is 15.6. The number of carbonyl (C=O) groups excluding carboxylic acids is 1. The molecule has 1 aliphatic heterocycles. The van der Waals surface area contributed by atoms with Crippen molar-refractivity contribution in [2.24, 2.45) is 0 Å². The number of rotatable bonds is 2. The van der Waals surface area contributed by atoms with E-state index < -0.39 is 6.09 Å². The highest BCUT2D eigenvalue weighted by atomic mass is 16.4. The van der Waals surface area contributed by atoms with Crippen molar-refractivity contribution < 1.29 is 14.7 Å². The number of carboxylic acid groups (broad SMARTS) is 1. The maximum absolute atomic E-state index is 11.0. The van der Waals surface area contributed by atoms with Crippen molar-refractivity contribution in [2.45, 2.75) is 0 Å². The highest BCUT2D eigenvalue weighted by Gasteiger charge is 2.23. The molecular weight excluding hydrogens is 238 g/mol. The fraction of sp³-hybridized carbons (Fsp3) is 0.400. The Kier molecular flexibility index (Phi) is 3.26. The van der Waals surface area contributed by atoms with Crippen molar-refractivity contribution in [1.82, 2.24) is 14.9 Å². The molecule has 1 aromatic rings. The zero-order chi connectivity index (χ0) is 13.1. The molecule has 1 saturated heterocycles. The van der Waals surface area contributed by atoms with E-state index in [1.54, 1.807) is 0 Å². The third-order valence-electron chi connectivity index (χ3n) is 2.86. The number of anilines is 2. The summed E-state index contributed by atoms with van der Waals surface area (Å²) in [5.74, 6) is 0.596. The molecule has 1 fully saturated rings. The average Bonchev–Trinajstić information content (AvgIpc) is 2.38. The molecule has 0 spiro atoms. The Morgan fingerprint density at radius 1 is 1.33 bits per heavy atom. The number of aromatic nitrogens is 2. The largest absolute Gasteiger partial charge is 0.465 e. The summed E-state index contributed by atoms with van der Waals surface area (Å²) in [6, 6.07) is 0. The van der Waals surface area contributed by atoms with Crippen LogP contribution >= 0.6 is 0 Å². The van der Waals surface area contributed by atoms with Gasteiger partial charge in [0, 0.05) is 26.2 Å². The van der Waals surface area contributed by atoms with Gasteiger partial charge < -0.3 is 20.6 Å². The van der Waals surface area contributed by atoms with E-state index in [-0.39, 0.29) is 11.4 Å². The summed E-state index contributed by atoms with van der Waals surface area (Å²) in [4.78, 5) is 32.7. The lowest BCUT2D eigenvalue weighted by atomic mass is 10.2. The van der Waals surface area contributed by atoms with Crippen LogP contribution in [0, 0.1) is 0 Å². The van der Waals surface area contributed by atoms with Gasteiger partial charge in [-0.05, 0) is 0 Å². The van der Waals surface area contributed by atoms with Gasteiger partial charge in [0.25, 0.3) is 0 Å². The van der Waals surface area contributed by atoms with Crippen molar-refractivity contribution in [3.63, 3.8) is 0 Å². The highest BCUT2D eigenvalue weighted by molar-refractivity contribution is 5.88. The van der Waals surface area contributed by atoms with Gasteiger partial charge >= 0.3 is 6.09 Å². The molecule has 0 saturated carbocycles. The molecule has 1 amide bonds. The first-order valence-electron chi connectivity index (χ1n) is 5.42. The second kappa shape index (κ2) is 4.86. The van der Waals surface area contributed by atoms with Gasteiger partial charge in [0.15, 0.2) is 6.29 Å². The van der Waals surface area contributed by atoms with E-state index in [0.717, 1.165) is 0 Å². The van der Waals surface area contributed by atoms with Crippen LogP contribution in [0.3, 0.4) is 0 Å². The number of hydrogen-bond donors (Lipinski definition) is 2. The Hall–Kier alpha value is -2.38. The number of aldehydes is 1. The second-order valence-electron chi connectivity index (χ2n) is 3.87. The molecule has 0 aromatic carbocycles. The van der Waals surface area contributed by atoms with Crippen LogP contribution in [0.5, 0.6) is 0 Å². The van der Waals surface area contributed by atoms with Gasteiger partial charge in [0.1, 0.15) is 18.0 Å². The van der Waals surface area contributed by atoms with E-state index >= 15 is 0 Å². The molecule has 1 aliphatic rings. The van der Waals surface area contributed by atoms with Gasteiger partial charge in [-0.25, -0.2) is 14.8 Å². The van der Waals surface area contributed by atoms with Crippen LogP contribution in [-0.2, 0) is 0 Å². The molecule has 0 atom stereocenters. The first-order valence-corrected chi connectivity index (χ1v) is 5.42. The summed E-state index contributed by atoms with van der Waals surface area (Å²) in [6.45, 7) is 1.70. The minimum absolute atomic E-state index is 0.135. The van der Waals surface area contributed by atoms with Crippen LogP contribution < -0.4 is 10.6 Å². The van der Waals surface area contributed by atoms with Crippen molar-refractivity contribution in [3.05, 3.63) is 11.9 Å². The molecular formula is C10H13N5O3. The summed E-state index contributed by atoms with van der Waals surface area (Å²) >= 11 is 0. The predicted octanol–water partition coefficient (Wildman–Crippen LogP) is -0.329. The Labute approximate surface area is 103 Å². The fourth-order valence-corrected chi connectivity index (χ4v) is 1.87. The molecule has 8 nitrogen and oxygen atoms in total. The molecule has 1 aromatic heterocycles. The minimum atomic E-state index is -0.938. The van der Waals surface area contributed by atoms with Gasteiger partial charge in [-0.1, -0.05) is 0 Å². The van der Waals surface area contributed by atoms with E-state index in [2.05, 4.69) is 9.97 Å². The topological polar surface area (TPSA) is 113 Å². The molecule has 8 heteroatoms. The summed E-state index contributed by atoms with van der Waals surface area (Å²) < 4.78 is 0. The molecule has 18 heavy (non-hydrogen) atoms. The Balaban J connectivity index is 2.17. The smallest absolute Gasteiger partial charge is 0.407 e. The van der Waals surface area contributed by atoms with Crippen LogP contribution in [0.4, 0.5) is 16.4 Å². The first kappa shape index (κ1) is 12.1. The summed E-state index contributed by atoms with van der Waals surface area (Å²) in [6.07, 6.45) is 0.975. The summed E-state index contributed by atoms with van der Waals surface area (Å²) in [5.41, 5.74) is 5.85. The number of nitrogen functional groups attached to an aromatic ring is 1. The second-order valence-corrected chi connectivity index (χ2v) is 3.87. The zero-order valence-electron chi connectivity index (χ0n) is 9.61. The summed E-state index contributed by atoms with van der Waals surface area (Å²) in [7, 11) is 0. The highest BCUT2D eigenvalue weighted by Crippen LogP contribution is 2.20. The Morgan fingerprint density at radius 3 is 2.56 bits per heavy atom. The lowest BCUT2D eigenvalue weighted by molar-refractivity contribution is 0.112. The molecule has 0 bridgehead atoms. The van der Waals surface area contributed by atoms with Gasteiger partial charge in [-0.3, -0.25) is 4.79 Å². The van der Waals surface area contributed by atoms with Crippen molar-refractivity contribution >= 4 is 24.0 Å². The monoisotopic (exact) mass is 251 g/mol. The van der Waals surface area contributed by atoms with Gasteiger partial charge in [0.2, 0.25) is 0 Å². The van der Waals surface area contributed by atoms with E-state index in [4.69, 9.17) is 10.8 Å². The first-order chi connectivity index (χ1) is 8.63. The molecule has 3 N–H and O–H groups in total. The number of nitrogens with zero attached hydrogens (tertiary/aromatic N) is 4. The number of hydrogen-bond acceptors (Lipinski definition) is 6. The average molecular weight is 251 g/mol. The lowest BCUT2D eigenvalue weighted by Crippen LogP contribution is -2.48. The van der Waals surface area contributed by atoms with E-state index in [1.165, 1.54) is 11.2 Å². The van der Waals surface area contributed by atoms with E-state index in [0.29, 0.717) is 38.3 Å². The summed E-state index contributed by atoms with van der Waals surface area (Å²) in [5, 5.41) is 8.85. The van der Waals surface area contributed by atoms with Crippen LogP contribution in [0.2, 0.25) is 0 Å². The Morgan fingerprint density at radius 2 is 2.00 bits per heavy atom. The quantitative estimate of drug-likeness (QED) is 0.692. The third-order valence-corrected chi connectivity index (χ3v) is 2.86. The molecule has 0 aliphatic carbocycles. The van der Waals surface area contributed by atoms with Crippen molar-refractivity contribution in [2.75, 3.05) is 36.8 Å². The zero-order valence-corrected chi connectivity index (χ0v) is 9.61. The molecule has 2 rings (SSSR count). The van der Waals surface area contributed by atoms with Crippen molar-refractivity contribution in [1.29, 1.82) is 0 Å². The fourth-order valence-electron chi connectivity index (χ4n) is 1.87. The Bertz CT molecular complexity index is 471. The van der Waals surface area contributed by atoms with E-state index in [9.17, 15) is 9.59 Å². The van der Waals surface area contributed by atoms with Crippen LogP contribution in [-0.4, -0.2) is 58.5 Å². The van der Waals surface area contributed by atoms with Crippen molar-refractivity contribution in [3.8, 4) is 0 Å². The van der Waals surface area contributed by atoms with Crippen LogP contribution in [0.15, 0.2) is 6.33 Å². The number of nitrogens with two attached hydrogens (primary N) is 1. The molecule has 0 radical (unpaired) electrons. The van der Waals surface area contributed by atoms with Gasteiger partial charge in [-0.15, -0.1) is 0 Å². The SMILES string of the molecule is Nc1ncnc(N2CCN(C(=O)O)CC2)c1C=O. The molecule has 2 heterocycles. The van der Waals surface area contributed by atoms with Crippen LogP contribution in [0.1, 0.15) is 10.4 Å². The minimum Gasteiger partial charge on any atom is -0.465 e. The molecule has 96 valence electrons. The van der Waals surface area contributed by atoms with Gasteiger partial charge in [-0.2, -0.15) is 0 Å². The number of carbonyl (C=O) groups is 2. The van der Waals surface area contributed by atoms with Crippen LogP contribution in [0.25, 0.3) is 0 Å². The van der Waals surface area contributed by atoms with Gasteiger partial charge in [0.05, 0.1) is 5.56 Å². The predicted molar refractivity (Wildman–Crippen MR) is 63.6 cm³/mol. The maximum atomic E-state index is 11.0. The lowest BCUT2D eigenvalue weighted by Gasteiger charge is -2.34.